The van der Waals surface area contributed by atoms with Gasteiger partial charge in [-0.3, -0.25) is 4.79 Å². The maximum atomic E-state index is 12.2. The number of hydrogen-bond acceptors (Lipinski definition) is 4. The van der Waals surface area contributed by atoms with Gasteiger partial charge in [0.25, 0.3) is 5.91 Å². The molecule has 6 heteroatoms. The third-order valence-electron chi connectivity index (χ3n) is 3.26. The van der Waals surface area contributed by atoms with Crippen molar-refractivity contribution in [3.8, 4) is 0 Å². The third-order valence-corrected chi connectivity index (χ3v) is 4.39. The van der Waals surface area contributed by atoms with Crippen LogP contribution < -0.4 is 5.32 Å². The summed E-state index contributed by atoms with van der Waals surface area (Å²) in [6, 6.07) is 5.33. The van der Waals surface area contributed by atoms with Crippen molar-refractivity contribution in [2.24, 2.45) is 5.92 Å². The number of hydrogen-bond donors (Lipinski definition) is 2. The summed E-state index contributed by atoms with van der Waals surface area (Å²) in [5.41, 5.74) is -0.687. The molecule has 0 saturated heterocycles. The van der Waals surface area contributed by atoms with Crippen molar-refractivity contribution in [1.29, 1.82) is 0 Å². The summed E-state index contributed by atoms with van der Waals surface area (Å²) in [7, 11) is -3.28. The van der Waals surface area contributed by atoms with E-state index < -0.39 is 21.5 Å². The second-order valence-electron chi connectivity index (χ2n) is 6.15. The van der Waals surface area contributed by atoms with Crippen LogP contribution in [0.15, 0.2) is 29.2 Å². The quantitative estimate of drug-likeness (QED) is 0.865. The molecule has 118 valence electrons. The minimum atomic E-state index is -3.28. The van der Waals surface area contributed by atoms with Gasteiger partial charge in [-0.2, -0.15) is 0 Å². The second kappa shape index (κ2) is 6.15. The smallest absolute Gasteiger partial charge is 0.251 e. The molecule has 5 nitrogen and oxygen atoms in total. The van der Waals surface area contributed by atoms with E-state index in [-0.39, 0.29) is 16.7 Å². The Kier molecular flexibility index (Phi) is 5.17. The maximum Gasteiger partial charge on any atom is 0.251 e. The Labute approximate surface area is 126 Å². The monoisotopic (exact) mass is 313 g/mol. The molecule has 0 radical (unpaired) electrons. The number of sulfone groups is 1. The predicted octanol–water partition coefficient (Wildman–Crippen LogP) is 1.62. The molecule has 1 atom stereocenters. The molecule has 0 saturated carbocycles. The van der Waals surface area contributed by atoms with E-state index in [1.165, 1.54) is 24.3 Å². The van der Waals surface area contributed by atoms with Crippen molar-refractivity contribution in [2.75, 3.05) is 6.26 Å². The Morgan fingerprint density at radius 1 is 1.19 bits per heavy atom. The van der Waals surface area contributed by atoms with Crippen LogP contribution in [0.2, 0.25) is 0 Å². The van der Waals surface area contributed by atoms with Crippen molar-refractivity contribution in [2.45, 2.75) is 44.2 Å². The zero-order valence-electron chi connectivity index (χ0n) is 13.0. The summed E-state index contributed by atoms with van der Waals surface area (Å²) in [6.45, 7) is 7.11. The number of benzene rings is 1. The predicted molar refractivity (Wildman–Crippen MR) is 81.9 cm³/mol. The molecule has 0 bridgehead atoms. The van der Waals surface area contributed by atoms with Crippen LogP contribution in [0.1, 0.15) is 38.1 Å². The average molecular weight is 313 g/mol. The van der Waals surface area contributed by atoms with Gasteiger partial charge in [-0.05, 0) is 44.0 Å². The van der Waals surface area contributed by atoms with Gasteiger partial charge in [-0.1, -0.05) is 13.8 Å². The first-order chi connectivity index (χ1) is 9.43. The first kappa shape index (κ1) is 17.7. The fourth-order valence-electron chi connectivity index (χ4n) is 2.24. The van der Waals surface area contributed by atoms with Crippen LogP contribution in [-0.4, -0.2) is 37.3 Å². The molecule has 0 aliphatic carbocycles. The maximum absolute atomic E-state index is 12.2. The third kappa shape index (κ3) is 4.82. The Balaban J connectivity index is 2.94. The van der Waals surface area contributed by atoms with Crippen LogP contribution in [0.3, 0.4) is 0 Å². The Morgan fingerprint density at radius 3 is 2.00 bits per heavy atom. The molecule has 1 aromatic rings. The topological polar surface area (TPSA) is 83.5 Å². The van der Waals surface area contributed by atoms with Crippen molar-refractivity contribution < 1.29 is 18.3 Å². The van der Waals surface area contributed by atoms with Crippen LogP contribution in [0.5, 0.6) is 0 Å². The van der Waals surface area contributed by atoms with Gasteiger partial charge in [-0.25, -0.2) is 8.42 Å². The Hall–Kier alpha value is -1.40. The van der Waals surface area contributed by atoms with E-state index in [0.29, 0.717) is 5.56 Å². The number of amides is 1. The molecule has 1 amide bonds. The number of aliphatic hydroxyl groups is 1. The molecule has 2 N–H and O–H groups in total. The summed E-state index contributed by atoms with van der Waals surface area (Å²) < 4.78 is 22.8. The fraction of sp³-hybridized carbons (Fsp3) is 0.533. The second-order valence-corrected chi connectivity index (χ2v) is 8.16. The lowest BCUT2D eigenvalue weighted by Crippen LogP contribution is -2.52. The molecule has 0 aliphatic heterocycles. The Bertz CT molecular complexity index is 598. The van der Waals surface area contributed by atoms with E-state index in [4.69, 9.17) is 0 Å². The van der Waals surface area contributed by atoms with Gasteiger partial charge in [-0.15, -0.1) is 0 Å². The SMILES string of the molecule is CC(C)[C@H](NC(=O)c1ccc(S(C)(=O)=O)cc1)C(C)(C)O. The first-order valence-electron chi connectivity index (χ1n) is 6.76. The van der Waals surface area contributed by atoms with Crippen molar-refractivity contribution in [3.63, 3.8) is 0 Å². The molecule has 1 rings (SSSR count). The first-order valence-corrected chi connectivity index (χ1v) is 8.65. The molecule has 21 heavy (non-hydrogen) atoms. The summed E-state index contributed by atoms with van der Waals surface area (Å²) in [5, 5.41) is 12.9. The lowest BCUT2D eigenvalue weighted by molar-refractivity contribution is 0.0195. The normalized spacial score (nSPS) is 14.0. The highest BCUT2D eigenvalue weighted by atomic mass is 32.2. The van der Waals surface area contributed by atoms with Gasteiger partial charge >= 0.3 is 0 Å². The van der Waals surface area contributed by atoms with Gasteiger partial charge in [0.15, 0.2) is 9.84 Å². The number of nitrogens with one attached hydrogen (secondary N) is 1. The van der Waals surface area contributed by atoms with Gasteiger partial charge in [0, 0.05) is 11.8 Å². The lowest BCUT2D eigenvalue weighted by atomic mass is 9.89. The van der Waals surface area contributed by atoms with E-state index in [2.05, 4.69) is 5.32 Å². The summed E-state index contributed by atoms with van der Waals surface area (Å²) >= 11 is 0. The molecule has 0 aliphatic rings. The van der Waals surface area contributed by atoms with Crippen LogP contribution >= 0.6 is 0 Å². The highest BCUT2D eigenvalue weighted by Crippen LogP contribution is 2.18. The number of carbonyl (C=O) groups excluding carboxylic acids is 1. The minimum Gasteiger partial charge on any atom is -0.388 e. The summed E-state index contributed by atoms with van der Waals surface area (Å²) in [6.07, 6.45) is 1.12. The lowest BCUT2D eigenvalue weighted by Gasteiger charge is -2.33. The van der Waals surface area contributed by atoms with Crippen molar-refractivity contribution >= 4 is 15.7 Å². The van der Waals surface area contributed by atoms with Gasteiger partial charge < -0.3 is 10.4 Å². The van der Waals surface area contributed by atoms with E-state index in [1.54, 1.807) is 13.8 Å². The fourth-order valence-corrected chi connectivity index (χ4v) is 2.87. The van der Waals surface area contributed by atoms with Gasteiger partial charge in [0.2, 0.25) is 0 Å². The van der Waals surface area contributed by atoms with Crippen LogP contribution in [0.25, 0.3) is 0 Å². The van der Waals surface area contributed by atoms with E-state index >= 15 is 0 Å². The van der Waals surface area contributed by atoms with Crippen LogP contribution in [-0.2, 0) is 9.84 Å². The van der Waals surface area contributed by atoms with Gasteiger partial charge in [0.1, 0.15) is 0 Å². The molecule has 1 aromatic carbocycles. The zero-order valence-corrected chi connectivity index (χ0v) is 13.9. The van der Waals surface area contributed by atoms with E-state index in [1.807, 2.05) is 13.8 Å². The van der Waals surface area contributed by atoms with Crippen molar-refractivity contribution in [1.82, 2.24) is 5.32 Å². The molecule has 0 heterocycles. The Morgan fingerprint density at radius 2 is 1.67 bits per heavy atom. The van der Waals surface area contributed by atoms with Crippen LogP contribution in [0, 0.1) is 5.92 Å². The molecule has 0 fully saturated rings. The highest BCUT2D eigenvalue weighted by Gasteiger charge is 2.31. The molecular formula is C15H23NO4S. The van der Waals surface area contributed by atoms with Crippen LogP contribution in [0.4, 0.5) is 0 Å². The molecular weight excluding hydrogens is 290 g/mol. The minimum absolute atomic E-state index is 0.0595. The number of carbonyl (C=O) groups is 1. The molecule has 0 spiro atoms. The highest BCUT2D eigenvalue weighted by molar-refractivity contribution is 7.90. The summed E-state index contributed by atoms with van der Waals surface area (Å²) in [4.78, 5) is 12.4. The average Bonchev–Trinajstić information content (AvgIpc) is 2.33. The largest absolute Gasteiger partial charge is 0.388 e. The number of rotatable bonds is 5. The molecule has 0 unspecified atom stereocenters. The standard InChI is InChI=1S/C15H23NO4S/c1-10(2)13(15(3,4)18)16-14(17)11-6-8-12(9-7-11)21(5,19)20/h6-10,13,18H,1-5H3,(H,16,17)/t13-/m0/s1. The summed E-state index contributed by atoms with van der Waals surface area (Å²) in [5.74, 6) is -0.278. The van der Waals surface area contributed by atoms with Gasteiger partial charge in [0.05, 0.1) is 16.5 Å². The van der Waals surface area contributed by atoms with E-state index in [0.717, 1.165) is 6.26 Å². The van der Waals surface area contributed by atoms with Crippen molar-refractivity contribution in [3.05, 3.63) is 29.8 Å². The molecule has 0 aromatic heterocycles. The van der Waals surface area contributed by atoms with E-state index in [9.17, 15) is 18.3 Å². The zero-order chi connectivity index (χ0) is 16.4.